The number of hydrogen-bond acceptors (Lipinski definition) is 5. The van der Waals surface area contributed by atoms with Crippen LogP contribution in [-0.4, -0.2) is 42.5 Å². The molecule has 5 nitrogen and oxygen atoms in total. The van der Waals surface area contributed by atoms with E-state index in [2.05, 4.69) is 10.3 Å². The minimum absolute atomic E-state index is 0.153. The quantitative estimate of drug-likeness (QED) is 0.914. The molecule has 124 valence electrons. The zero-order valence-corrected chi connectivity index (χ0v) is 14.5. The van der Waals surface area contributed by atoms with Crippen LogP contribution < -0.4 is 5.32 Å². The Labute approximate surface area is 140 Å². The second-order valence-corrected chi connectivity index (χ2v) is 7.03. The van der Waals surface area contributed by atoms with E-state index >= 15 is 0 Å². The van der Waals surface area contributed by atoms with Crippen molar-refractivity contribution in [3.8, 4) is 10.8 Å². The van der Waals surface area contributed by atoms with Crippen LogP contribution in [0.2, 0.25) is 0 Å². The van der Waals surface area contributed by atoms with Crippen molar-refractivity contribution in [2.75, 3.05) is 26.7 Å². The normalized spacial score (nSPS) is 18.3. The maximum atomic E-state index is 12.6. The molecule has 0 aromatic carbocycles. The van der Waals surface area contributed by atoms with E-state index < -0.39 is 0 Å². The van der Waals surface area contributed by atoms with E-state index in [9.17, 15) is 4.79 Å². The molecule has 1 N–H and O–H groups in total. The lowest BCUT2D eigenvalue weighted by Crippen LogP contribution is -2.43. The number of thiophene rings is 1. The van der Waals surface area contributed by atoms with E-state index in [1.807, 2.05) is 36.4 Å². The van der Waals surface area contributed by atoms with Crippen molar-refractivity contribution >= 4 is 17.2 Å². The van der Waals surface area contributed by atoms with Crippen LogP contribution >= 0.6 is 11.3 Å². The molecule has 1 unspecified atom stereocenters. The topological polar surface area (TPSA) is 58.4 Å². The van der Waals surface area contributed by atoms with E-state index in [0.717, 1.165) is 42.4 Å². The number of aromatic nitrogens is 1. The molecule has 23 heavy (non-hydrogen) atoms. The third-order valence-corrected chi connectivity index (χ3v) is 5.17. The van der Waals surface area contributed by atoms with Gasteiger partial charge in [-0.3, -0.25) is 4.79 Å². The molecule has 1 atom stereocenters. The summed E-state index contributed by atoms with van der Waals surface area (Å²) < 4.78 is 5.73. The standard InChI is InChI=1S/C17H23N3O2S/c1-12-14(19-17(22-12)15-6-4-8-23-15)9-16(21)20-7-3-5-13(11-20)10-18-2/h4,6,8,13,18H,3,5,7,9-11H2,1-2H3. The first-order valence-electron chi connectivity index (χ1n) is 8.10. The predicted molar refractivity (Wildman–Crippen MR) is 91.5 cm³/mol. The number of piperidine rings is 1. The smallest absolute Gasteiger partial charge is 0.236 e. The molecular weight excluding hydrogens is 310 g/mol. The van der Waals surface area contributed by atoms with Gasteiger partial charge in [0.25, 0.3) is 0 Å². The zero-order valence-electron chi connectivity index (χ0n) is 13.7. The highest BCUT2D eigenvalue weighted by atomic mass is 32.1. The maximum absolute atomic E-state index is 12.6. The average Bonchev–Trinajstić information content (AvgIpc) is 3.18. The Kier molecular flexibility index (Phi) is 5.13. The highest BCUT2D eigenvalue weighted by Gasteiger charge is 2.25. The summed E-state index contributed by atoms with van der Waals surface area (Å²) >= 11 is 1.59. The van der Waals surface area contributed by atoms with Gasteiger partial charge in [0.15, 0.2) is 0 Å². The summed E-state index contributed by atoms with van der Waals surface area (Å²) in [4.78, 5) is 20.1. The van der Waals surface area contributed by atoms with Gasteiger partial charge in [-0.1, -0.05) is 6.07 Å². The lowest BCUT2D eigenvalue weighted by molar-refractivity contribution is -0.132. The van der Waals surface area contributed by atoms with Crippen molar-refractivity contribution in [2.24, 2.45) is 5.92 Å². The highest BCUT2D eigenvalue weighted by molar-refractivity contribution is 7.13. The van der Waals surface area contributed by atoms with Crippen molar-refractivity contribution in [3.05, 3.63) is 29.0 Å². The Morgan fingerprint density at radius 1 is 1.57 bits per heavy atom. The number of oxazole rings is 1. The molecule has 0 bridgehead atoms. The molecule has 0 spiro atoms. The van der Waals surface area contributed by atoms with E-state index in [4.69, 9.17) is 4.42 Å². The summed E-state index contributed by atoms with van der Waals surface area (Å²) in [5.41, 5.74) is 0.758. The van der Waals surface area contributed by atoms with Crippen LogP contribution in [0.3, 0.4) is 0 Å². The van der Waals surface area contributed by atoms with Gasteiger partial charge in [0.2, 0.25) is 11.8 Å². The fourth-order valence-corrected chi connectivity index (χ4v) is 3.75. The predicted octanol–water partition coefficient (Wildman–Crippen LogP) is 2.71. The zero-order chi connectivity index (χ0) is 16.2. The van der Waals surface area contributed by atoms with Gasteiger partial charge in [0.1, 0.15) is 5.76 Å². The molecule has 1 aliphatic rings. The first kappa shape index (κ1) is 16.2. The maximum Gasteiger partial charge on any atom is 0.236 e. The summed E-state index contributed by atoms with van der Waals surface area (Å²) in [6, 6.07) is 3.95. The van der Waals surface area contributed by atoms with E-state index in [-0.39, 0.29) is 5.91 Å². The molecule has 3 rings (SSSR count). The van der Waals surface area contributed by atoms with Crippen LogP contribution in [0, 0.1) is 12.8 Å². The third kappa shape index (κ3) is 3.82. The molecule has 2 aromatic heterocycles. The summed E-state index contributed by atoms with van der Waals surface area (Å²) in [6.45, 7) is 4.55. The van der Waals surface area contributed by atoms with Gasteiger partial charge in [0, 0.05) is 13.1 Å². The van der Waals surface area contributed by atoms with Gasteiger partial charge in [-0.05, 0) is 50.7 Å². The van der Waals surface area contributed by atoms with Gasteiger partial charge >= 0.3 is 0 Å². The molecule has 0 aliphatic carbocycles. The Bertz CT molecular complexity index is 649. The van der Waals surface area contributed by atoms with Gasteiger partial charge in [-0.25, -0.2) is 4.98 Å². The summed E-state index contributed by atoms with van der Waals surface area (Å²) in [5.74, 6) is 2.07. The molecule has 1 saturated heterocycles. The van der Waals surface area contributed by atoms with Crippen molar-refractivity contribution in [1.82, 2.24) is 15.2 Å². The first-order chi connectivity index (χ1) is 11.2. The van der Waals surface area contributed by atoms with Crippen molar-refractivity contribution in [2.45, 2.75) is 26.2 Å². The highest BCUT2D eigenvalue weighted by Crippen LogP contribution is 2.26. The summed E-state index contributed by atoms with van der Waals surface area (Å²) in [7, 11) is 1.96. The molecule has 1 fully saturated rings. The van der Waals surface area contributed by atoms with Crippen molar-refractivity contribution in [3.63, 3.8) is 0 Å². The van der Waals surface area contributed by atoms with E-state index in [1.165, 1.54) is 6.42 Å². The van der Waals surface area contributed by atoms with Crippen LogP contribution in [0.25, 0.3) is 10.8 Å². The fraction of sp³-hybridized carbons (Fsp3) is 0.529. The number of rotatable bonds is 5. The Morgan fingerprint density at radius 3 is 3.17 bits per heavy atom. The molecule has 6 heteroatoms. The number of nitrogens with one attached hydrogen (secondary N) is 1. The fourth-order valence-electron chi connectivity index (χ4n) is 3.10. The van der Waals surface area contributed by atoms with Crippen LogP contribution in [0.4, 0.5) is 0 Å². The summed E-state index contributed by atoms with van der Waals surface area (Å²) in [6.07, 6.45) is 2.60. The molecule has 1 aliphatic heterocycles. The number of amides is 1. The van der Waals surface area contributed by atoms with Crippen LogP contribution in [0.5, 0.6) is 0 Å². The second-order valence-electron chi connectivity index (χ2n) is 6.08. The largest absolute Gasteiger partial charge is 0.440 e. The number of carbonyl (C=O) groups is 1. The third-order valence-electron chi connectivity index (χ3n) is 4.31. The van der Waals surface area contributed by atoms with E-state index in [0.29, 0.717) is 18.2 Å². The number of aryl methyl sites for hydroxylation is 1. The van der Waals surface area contributed by atoms with Gasteiger partial charge in [0.05, 0.1) is 17.0 Å². The minimum atomic E-state index is 0.153. The monoisotopic (exact) mass is 333 g/mol. The second kappa shape index (κ2) is 7.27. The first-order valence-corrected chi connectivity index (χ1v) is 8.98. The summed E-state index contributed by atoms with van der Waals surface area (Å²) in [5, 5.41) is 5.21. The molecular formula is C17H23N3O2S. The van der Waals surface area contributed by atoms with E-state index in [1.54, 1.807) is 11.3 Å². The Balaban J connectivity index is 1.66. The van der Waals surface area contributed by atoms with Crippen LogP contribution in [-0.2, 0) is 11.2 Å². The number of carbonyl (C=O) groups excluding carboxylic acids is 1. The average molecular weight is 333 g/mol. The van der Waals surface area contributed by atoms with Crippen molar-refractivity contribution in [1.29, 1.82) is 0 Å². The SMILES string of the molecule is CNCC1CCCN(C(=O)Cc2nc(-c3cccs3)oc2C)C1. The van der Waals surface area contributed by atoms with Gasteiger partial charge in [-0.15, -0.1) is 11.3 Å². The molecule has 2 aromatic rings. The lowest BCUT2D eigenvalue weighted by atomic mass is 9.97. The van der Waals surface area contributed by atoms with Gasteiger partial charge in [-0.2, -0.15) is 0 Å². The number of nitrogens with zero attached hydrogens (tertiary/aromatic N) is 2. The van der Waals surface area contributed by atoms with Crippen LogP contribution in [0.15, 0.2) is 21.9 Å². The molecule has 3 heterocycles. The number of likely N-dealkylation sites (tertiary alicyclic amines) is 1. The van der Waals surface area contributed by atoms with Crippen molar-refractivity contribution < 1.29 is 9.21 Å². The lowest BCUT2D eigenvalue weighted by Gasteiger charge is -2.32. The Hall–Kier alpha value is -1.66. The number of hydrogen-bond donors (Lipinski definition) is 1. The molecule has 1 amide bonds. The Morgan fingerprint density at radius 2 is 2.43 bits per heavy atom. The minimum Gasteiger partial charge on any atom is -0.440 e. The van der Waals surface area contributed by atoms with Gasteiger partial charge < -0.3 is 14.6 Å². The molecule has 0 radical (unpaired) electrons. The molecule has 0 saturated carbocycles. The van der Waals surface area contributed by atoms with Crippen LogP contribution in [0.1, 0.15) is 24.3 Å².